The number of ether oxygens (including phenoxy) is 2. The highest BCUT2D eigenvalue weighted by Gasteiger charge is 2.32. The van der Waals surface area contributed by atoms with Crippen LogP contribution in [0.25, 0.3) is 0 Å². The summed E-state index contributed by atoms with van der Waals surface area (Å²) in [5.74, 6) is 1.00. The van der Waals surface area contributed by atoms with Crippen molar-refractivity contribution in [2.24, 2.45) is 0 Å². The Labute approximate surface area is 176 Å². The van der Waals surface area contributed by atoms with Crippen LogP contribution < -0.4 is 25.4 Å². The van der Waals surface area contributed by atoms with E-state index in [2.05, 4.69) is 16.0 Å². The van der Waals surface area contributed by atoms with Crippen LogP contribution in [0, 0.1) is 0 Å². The topological polar surface area (TPSA) is 71.6 Å². The zero-order valence-corrected chi connectivity index (χ0v) is 17.6. The second kappa shape index (κ2) is 9.43. The van der Waals surface area contributed by atoms with E-state index in [0.717, 1.165) is 17.7 Å². The Balaban J connectivity index is 2.03. The number of rotatable bonds is 7. The van der Waals surface area contributed by atoms with Crippen LogP contribution in [0.4, 0.5) is 5.69 Å². The van der Waals surface area contributed by atoms with Crippen molar-refractivity contribution in [3.63, 3.8) is 0 Å². The molecule has 0 radical (unpaired) electrons. The maximum absolute atomic E-state index is 13.2. The smallest absolute Gasteiger partial charge is 0.255 e. The van der Waals surface area contributed by atoms with Gasteiger partial charge in [0.2, 0.25) is 0 Å². The molecule has 7 heteroatoms. The molecule has 0 aliphatic carbocycles. The van der Waals surface area contributed by atoms with Gasteiger partial charge in [0.05, 0.1) is 25.3 Å². The number of carbonyl (C=O) groups is 1. The number of carbonyl (C=O) groups excluding carboxylic acids is 1. The van der Waals surface area contributed by atoms with Crippen LogP contribution in [0.1, 0.15) is 31.9 Å². The van der Waals surface area contributed by atoms with Crippen molar-refractivity contribution < 1.29 is 14.3 Å². The van der Waals surface area contributed by atoms with Gasteiger partial charge in [0.1, 0.15) is 0 Å². The van der Waals surface area contributed by atoms with Gasteiger partial charge in [-0.25, -0.2) is 0 Å². The zero-order chi connectivity index (χ0) is 20.8. The average Bonchev–Trinajstić information content (AvgIpc) is 2.72. The summed E-state index contributed by atoms with van der Waals surface area (Å²) in [6, 6.07) is 14.5. The van der Waals surface area contributed by atoms with E-state index in [1.807, 2.05) is 62.4 Å². The van der Waals surface area contributed by atoms with Gasteiger partial charge in [0.15, 0.2) is 16.6 Å². The second-order valence-electron chi connectivity index (χ2n) is 6.62. The Kier molecular flexibility index (Phi) is 6.72. The molecule has 1 aliphatic rings. The van der Waals surface area contributed by atoms with E-state index in [9.17, 15) is 4.79 Å². The minimum atomic E-state index is -0.477. The largest absolute Gasteiger partial charge is 0.493 e. The van der Waals surface area contributed by atoms with Crippen molar-refractivity contribution in [2.75, 3.05) is 19.0 Å². The van der Waals surface area contributed by atoms with Crippen LogP contribution in [-0.4, -0.2) is 24.7 Å². The van der Waals surface area contributed by atoms with Gasteiger partial charge in [-0.15, -0.1) is 0 Å². The normalized spacial score (nSPS) is 16.0. The first-order valence-electron chi connectivity index (χ1n) is 9.49. The molecule has 1 amide bonds. The summed E-state index contributed by atoms with van der Waals surface area (Å²) in [4.78, 5) is 13.2. The number of allylic oxidation sites excluding steroid dienone is 1. The molecule has 1 unspecified atom stereocenters. The van der Waals surface area contributed by atoms with Gasteiger partial charge in [-0.3, -0.25) is 4.79 Å². The maximum Gasteiger partial charge on any atom is 0.255 e. The Morgan fingerprint density at radius 2 is 1.93 bits per heavy atom. The Morgan fingerprint density at radius 3 is 2.62 bits per heavy atom. The van der Waals surface area contributed by atoms with Crippen LogP contribution in [0.5, 0.6) is 11.5 Å². The molecular formula is C22H25N3O3S. The van der Waals surface area contributed by atoms with Crippen LogP contribution in [0.2, 0.25) is 0 Å². The number of para-hydroxylation sites is 2. The molecule has 3 rings (SSSR count). The number of hydrogen-bond donors (Lipinski definition) is 3. The zero-order valence-electron chi connectivity index (χ0n) is 16.7. The first kappa shape index (κ1) is 20.7. The molecule has 29 heavy (non-hydrogen) atoms. The molecule has 2 aromatic rings. The number of amides is 1. The lowest BCUT2D eigenvalue weighted by atomic mass is 9.93. The van der Waals surface area contributed by atoms with E-state index >= 15 is 0 Å². The van der Waals surface area contributed by atoms with Gasteiger partial charge >= 0.3 is 0 Å². The number of methoxy groups -OCH3 is 1. The second-order valence-corrected chi connectivity index (χ2v) is 7.03. The highest BCUT2D eigenvalue weighted by Crippen LogP contribution is 2.39. The number of hydrogen-bond acceptors (Lipinski definition) is 4. The molecule has 1 atom stereocenters. The lowest BCUT2D eigenvalue weighted by Crippen LogP contribution is -2.45. The third-order valence-corrected chi connectivity index (χ3v) is 4.76. The van der Waals surface area contributed by atoms with Crippen molar-refractivity contribution in [3.05, 3.63) is 65.4 Å². The molecule has 0 saturated carbocycles. The highest BCUT2D eigenvalue weighted by atomic mass is 32.1. The van der Waals surface area contributed by atoms with E-state index in [1.54, 1.807) is 7.11 Å². The molecule has 0 bridgehead atoms. The summed E-state index contributed by atoms with van der Waals surface area (Å²) in [6.45, 7) is 4.42. The standard InChI is InChI=1S/C22H25N3O3S/c1-4-13-28-20-16(11-8-12-17(20)27-3)19-18(14(2)23-22(29)25-19)21(26)24-15-9-6-5-7-10-15/h5-12,19H,4,13H2,1-3H3,(H,24,26)(H2,23,25,29). The molecule has 0 aromatic heterocycles. The summed E-state index contributed by atoms with van der Waals surface area (Å²) in [7, 11) is 1.60. The van der Waals surface area contributed by atoms with Crippen molar-refractivity contribution in [1.29, 1.82) is 0 Å². The fourth-order valence-corrected chi connectivity index (χ4v) is 3.50. The van der Waals surface area contributed by atoms with Crippen LogP contribution in [-0.2, 0) is 4.79 Å². The quantitative estimate of drug-likeness (QED) is 0.600. The van der Waals surface area contributed by atoms with Crippen LogP contribution in [0.15, 0.2) is 59.8 Å². The van der Waals surface area contributed by atoms with Gasteiger partial charge in [0, 0.05) is 16.9 Å². The summed E-state index contributed by atoms with van der Waals surface area (Å²) < 4.78 is 11.5. The molecule has 3 N–H and O–H groups in total. The Bertz CT molecular complexity index is 928. The molecule has 0 fully saturated rings. The minimum Gasteiger partial charge on any atom is -0.493 e. The summed E-state index contributed by atoms with van der Waals surface area (Å²) in [5, 5.41) is 9.68. The number of nitrogens with one attached hydrogen (secondary N) is 3. The van der Waals surface area contributed by atoms with Crippen molar-refractivity contribution >= 4 is 28.9 Å². The van der Waals surface area contributed by atoms with Gasteiger partial charge in [0.25, 0.3) is 5.91 Å². The molecule has 0 spiro atoms. The van der Waals surface area contributed by atoms with Crippen LogP contribution >= 0.6 is 12.2 Å². The predicted octanol–water partition coefficient (Wildman–Crippen LogP) is 3.92. The Morgan fingerprint density at radius 1 is 1.17 bits per heavy atom. The van der Waals surface area contributed by atoms with E-state index < -0.39 is 6.04 Å². The van der Waals surface area contributed by atoms with Gasteiger partial charge in [-0.2, -0.15) is 0 Å². The van der Waals surface area contributed by atoms with E-state index in [1.165, 1.54) is 0 Å². The van der Waals surface area contributed by atoms with Crippen molar-refractivity contribution in [1.82, 2.24) is 10.6 Å². The molecule has 2 aromatic carbocycles. The number of thiocarbonyl (C=S) groups is 1. The first-order chi connectivity index (χ1) is 14.0. The molecule has 6 nitrogen and oxygen atoms in total. The summed E-state index contributed by atoms with van der Waals surface area (Å²) in [5.41, 5.74) is 2.74. The van der Waals surface area contributed by atoms with E-state index in [-0.39, 0.29) is 5.91 Å². The molecule has 1 aliphatic heterocycles. The summed E-state index contributed by atoms with van der Waals surface area (Å²) >= 11 is 5.36. The maximum atomic E-state index is 13.2. The third kappa shape index (κ3) is 4.68. The van der Waals surface area contributed by atoms with Crippen molar-refractivity contribution in [2.45, 2.75) is 26.3 Å². The van der Waals surface area contributed by atoms with Gasteiger partial charge in [-0.1, -0.05) is 37.3 Å². The number of benzene rings is 2. The molecule has 0 saturated heterocycles. The lowest BCUT2D eigenvalue weighted by molar-refractivity contribution is -0.113. The monoisotopic (exact) mass is 411 g/mol. The Hall–Kier alpha value is -3.06. The van der Waals surface area contributed by atoms with Crippen molar-refractivity contribution in [3.8, 4) is 11.5 Å². The fourth-order valence-electron chi connectivity index (χ4n) is 3.23. The number of anilines is 1. The predicted molar refractivity (Wildman–Crippen MR) is 118 cm³/mol. The fraction of sp³-hybridized carbons (Fsp3) is 0.273. The highest BCUT2D eigenvalue weighted by molar-refractivity contribution is 7.80. The molecule has 152 valence electrons. The van der Waals surface area contributed by atoms with E-state index in [0.29, 0.717) is 34.5 Å². The minimum absolute atomic E-state index is 0.217. The lowest BCUT2D eigenvalue weighted by Gasteiger charge is -2.31. The molecular weight excluding hydrogens is 386 g/mol. The molecule has 1 heterocycles. The van der Waals surface area contributed by atoms with E-state index in [4.69, 9.17) is 21.7 Å². The summed E-state index contributed by atoms with van der Waals surface area (Å²) in [6.07, 6.45) is 0.853. The average molecular weight is 412 g/mol. The van der Waals surface area contributed by atoms with Gasteiger partial charge in [-0.05, 0) is 43.8 Å². The third-order valence-electron chi connectivity index (χ3n) is 4.54. The first-order valence-corrected chi connectivity index (χ1v) is 9.90. The SMILES string of the molecule is CCCOc1c(OC)cccc1C1NC(=S)NC(C)=C1C(=O)Nc1ccccc1. The van der Waals surface area contributed by atoms with Crippen LogP contribution in [0.3, 0.4) is 0 Å². The van der Waals surface area contributed by atoms with Gasteiger partial charge < -0.3 is 25.4 Å².